The smallest absolute Gasteiger partial charge is 0.336 e. The lowest BCUT2D eigenvalue weighted by atomic mass is 9.81. The van der Waals surface area contributed by atoms with Crippen LogP contribution in [0.1, 0.15) is 37.1 Å². The Balaban J connectivity index is 1.90. The van der Waals surface area contributed by atoms with E-state index in [0.717, 1.165) is 30.6 Å². The van der Waals surface area contributed by atoms with E-state index in [1.807, 2.05) is 30.7 Å². The van der Waals surface area contributed by atoms with Crippen LogP contribution >= 0.6 is 0 Å². The summed E-state index contributed by atoms with van der Waals surface area (Å²) in [5.41, 5.74) is 8.87. The number of carbonyl (C=O) groups excluding carboxylic acids is 1. The van der Waals surface area contributed by atoms with Crippen LogP contribution in [0.15, 0.2) is 24.3 Å². The van der Waals surface area contributed by atoms with Crippen molar-refractivity contribution in [2.75, 3.05) is 32.1 Å². The number of hydrogen-bond acceptors (Lipinski definition) is 3. The van der Waals surface area contributed by atoms with Crippen LogP contribution in [0.25, 0.3) is 16.5 Å². The normalized spacial score (nSPS) is 17.9. The summed E-state index contributed by atoms with van der Waals surface area (Å²) in [6, 6.07) is 6.49. The van der Waals surface area contributed by atoms with E-state index in [1.165, 1.54) is 22.1 Å². The van der Waals surface area contributed by atoms with Crippen LogP contribution in [0.3, 0.4) is 0 Å². The minimum absolute atomic E-state index is 0.130. The predicted octanol–water partition coefficient (Wildman–Crippen LogP) is 3.17. The molecule has 1 aliphatic carbocycles. The number of benzene rings is 1. The van der Waals surface area contributed by atoms with Crippen LogP contribution in [0.4, 0.5) is 4.79 Å². The molecule has 2 N–H and O–H groups in total. The Morgan fingerprint density at radius 2 is 2.14 bits per heavy atom. The number of nitrogens with zero attached hydrogens (tertiary/aromatic N) is 3. The molecule has 0 fully saturated rings. The minimum atomic E-state index is -0.130. The van der Waals surface area contributed by atoms with E-state index in [0.29, 0.717) is 25.6 Å². The van der Waals surface area contributed by atoms with E-state index < -0.39 is 0 Å². The second kappa shape index (κ2) is 7.84. The first kappa shape index (κ1) is 19.4. The number of hydrogen-bond donors (Lipinski definition) is 2. The van der Waals surface area contributed by atoms with Gasteiger partial charge in [-0.25, -0.2) is 10.2 Å². The summed E-state index contributed by atoms with van der Waals surface area (Å²) in [5.74, 6) is 2.79. The highest BCUT2D eigenvalue weighted by Gasteiger charge is 2.34. The minimum Gasteiger partial charge on any atom is -0.462 e. The molecule has 6 heteroatoms. The zero-order chi connectivity index (χ0) is 20.5. The lowest BCUT2D eigenvalue weighted by molar-refractivity contribution is 0.214. The van der Waals surface area contributed by atoms with Crippen LogP contribution in [-0.4, -0.2) is 58.3 Å². The van der Waals surface area contributed by atoms with Crippen molar-refractivity contribution in [3.8, 4) is 12.0 Å². The van der Waals surface area contributed by atoms with E-state index >= 15 is 0 Å². The number of aromatic nitrogens is 1. The molecule has 1 aromatic heterocycles. The molecule has 0 saturated carbocycles. The summed E-state index contributed by atoms with van der Waals surface area (Å²) in [6.45, 7) is 6.28. The Morgan fingerprint density at radius 3 is 2.86 bits per heavy atom. The van der Waals surface area contributed by atoms with Gasteiger partial charge >= 0.3 is 6.03 Å². The molecule has 1 atom stereocenters. The SMILES string of the molecule is CCN(CC)C(=O)Nn1c(CC#CO)c2c3c(cccc31)C1=CCCN(C)[C@@H]1C2. The highest BCUT2D eigenvalue weighted by molar-refractivity contribution is 6.00. The van der Waals surface area contributed by atoms with Gasteiger partial charge in [0.1, 0.15) is 6.11 Å². The molecule has 4 rings (SSSR count). The van der Waals surface area contributed by atoms with Crippen LogP contribution in [0, 0.1) is 12.0 Å². The Bertz CT molecular complexity index is 1040. The van der Waals surface area contributed by atoms with Gasteiger partial charge in [0, 0.05) is 31.1 Å². The maximum atomic E-state index is 12.8. The first-order valence-electron chi connectivity index (χ1n) is 10.3. The van der Waals surface area contributed by atoms with Crippen molar-refractivity contribution in [2.45, 2.75) is 39.2 Å². The number of likely N-dealkylation sites (N-methyl/N-ethyl adjacent to an activating group) is 1. The first-order valence-corrected chi connectivity index (χ1v) is 10.3. The molecule has 2 aliphatic rings. The third-order valence-corrected chi connectivity index (χ3v) is 6.24. The van der Waals surface area contributed by atoms with Crippen molar-refractivity contribution in [3.05, 3.63) is 41.1 Å². The number of aliphatic hydroxyl groups is 1. The summed E-state index contributed by atoms with van der Waals surface area (Å²) in [4.78, 5) is 17.0. The second-order valence-corrected chi connectivity index (χ2v) is 7.66. The molecule has 2 amide bonds. The molecule has 29 heavy (non-hydrogen) atoms. The van der Waals surface area contributed by atoms with Gasteiger partial charge in [-0.15, -0.1) is 0 Å². The van der Waals surface area contributed by atoms with Crippen LogP contribution in [-0.2, 0) is 12.8 Å². The summed E-state index contributed by atoms with van der Waals surface area (Å²) in [7, 11) is 2.18. The third-order valence-electron chi connectivity index (χ3n) is 6.24. The fourth-order valence-corrected chi connectivity index (χ4v) is 4.74. The average molecular weight is 393 g/mol. The number of amides is 2. The molecular formula is C23H28N4O2. The van der Waals surface area contributed by atoms with Gasteiger partial charge in [-0.1, -0.05) is 24.1 Å². The van der Waals surface area contributed by atoms with Crippen molar-refractivity contribution in [1.82, 2.24) is 14.5 Å². The van der Waals surface area contributed by atoms with Gasteiger partial charge in [0.15, 0.2) is 0 Å². The van der Waals surface area contributed by atoms with Gasteiger partial charge in [0.05, 0.1) is 17.6 Å². The fraction of sp³-hybridized carbons (Fsp3) is 0.435. The van der Waals surface area contributed by atoms with Gasteiger partial charge in [-0.05, 0) is 56.5 Å². The van der Waals surface area contributed by atoms with Crippen molar-refractivity contribution in [2.24, 2.45) is 0 Å². The zero-order valence-corrected chi connectivity index (χ0v) is 17.3. The van der Waals surface area contributed by atoms with Crippen molar-refractivity contribution in [1.29, 1.82) is 0 Å². The fourth-order valence-electron chi connectivity index (χ4n) is 4.74. The van der Waals surface area contributed by atoms with Crippen molar-refractivity contribution >= 4 is 22.5 Å². The summed E-state index contributed by atoms with van der Waals surface area (Å²) in [6.07, 6.45) is 6.71. The molecule has 0 saturated heterocycles. The van der Waals surface area contributed by atoms with E-state index in [1.54, 1.807) is 4.90 Å². The van der Waals surface area contributed by atoms with Crippen LogP contribution < -0.4 is 5.43 Å². The summed E-state index contributed by atoms with van der Waals surface area (Å²) < 4.78 is 1.89. The predicted molar refractivity (Wildman–Crippen MR) is 116 cm³/mol. The second-order valence-electron chi connectivity index (χ2n) is 7.66. The van der Waals surface area contributed by atoms with Gasteiger partial charge < -0.3 is 10.0 Å². The largest absolute Gasteiger partial charge is 0.462 e. The maximum absolute atomic E-state index is 12.8. The van der Waals surface area contributed by atoms with E-state index in [2.05, 4.69) is 41.5 Å². The molecule has 0 bridgehead atoms. The molecular weight excluding hydrogens is 364 g/mol. The van der Waals surface area contributed by atoms with E-state index in [4.69, 9.17) is 5.11 Å². The molecule has 6 nitrogen and oxygen atoms in total. The highest BCUT2D eigenvalue weighted by Crippen LogP contribution is 2.42. The standard InChI is InChI=1S/C23H28N4O2/c1-4-26(5-2)23(29)24-27-19(12-8-14-28)18-15-21-16(10-7-13-25(21)3)17-9-6-11-20(27)22(17)18/h6,9-11,21,28H,4-5,7,12-13,15H2,1-3H3,(H,24,29)/t21-/m1/s1. The van der Waals surface area contributed by atoms with Gasteiger partial charge in [0.2, 0.25) is 0 Å². The Hall–Kier alpha value is -2.91. The van der Waals surface area contributed by atoms with E-state index in [-0.39, 0.29) is 6.03 Å². The molecule has 0 spiro atoms. The molecule has 2 heterocycles. The monoisotopic (exact) mass is 392 g/mol. The molecule has 1 aromatic carbocycles. The third kappa shape index (κ3) is 3.16. The number of urea groups is 1. The zero-order valence-electron chi connectivity index (χ0n) is 17.3. The number of rotatable bonds is 4. The number of carbonyl (C=O) groups is 1. The Morgan fingerprint density at radius 1 is 1.34 bits per heavy atom. The lowest BCUT2D eigenvalue weighted by Crippen LogP contribution is -2.39. The summed E-state index contributed by atoms with van der Waals surface area (Å²) >= 11 is 0. The van der Waals surface area contributed by atoms with Gasteiger partial charge in [0.25, 0.3) is 0 Å². The molecule has 152 valence electrons. The molecule has 2 aromatic rings. The Kier molecular flexibility index (Phi) is 5.25. The van der Waals surface area contributed by atoms with Gasteiger partial charge in [-0.2, -0.15) is 0 Å². The summed E-state index contributed by atoms with van der Waals surface area (Å²) in [5, 5.41) is 10.3. The first-order chi connectivity index (χ1) is 14.1. The lowest BCUT2D eigenvalue weighted by Gasteiger charge is -2.37. The average Bonchev–Trinajstić information content (AvgIpc) is 3.02. The van der Waals surface area contributed by atoms with Crippen molar-refractivity contribution in [3.63, 3.8) is 0 Å². The van der Waals surface area contributed by atoms with Crippen LogP contribution in [0.2, 0.25) is 0 Å². The van der Waals surface area contributed by atoms with Crippen molar-refractivity contribution < 1.29 is 9.90 Å². The van der Waals surface area contributed by atoms with E-state index in [9.17, 15) is 4.79 Å². The highest BCUT2D eigenvalue weighted by atomic mass is 16.2. The Labute approximate surface area is 171 Å². The maximum Gasteiger partial charge on any atom is 0.336 e. The number of nitrogens with one attached hydrogen (secondary N) is 1. The number of fused-ring (bicyclic) bond motifs is 2. The van der Waals surface area contributed by atoms with Crippen LogP contribution in [0.5, 0.6) is 0 Å². The number of aliphatic hydroxyl groups excluding tert-OH is 1. The topological polar surface area (TPSA) is 60.7 Å². The molecule has 1 aliphatic heterocycles. The quantitative estimate of drug-likeness (QED) is 0.786. The molecule has 0 unspecified atom stereocenters. The van der Waals surface area contributed by atoms with Gasteiger partial charge in [-0.3, -0.25) is 9.58 Å². The molecule has 0 radical (unpaired) electrons.